The molecular formula is C35H40ClF2N7O2. The van der Waals surface area contributed by atoms with Crippen molar-refractivity contribution in [3.8, 4) is 12.1 Å². The number of rotatable bonds is 7. The number of ether oxygens (including phenoxy) is 1. The van der Waals surface area contributed by atoms with Crippen molar-refractivity contribution in [3.63, 3.8) is 0 Å². The van der Waals surface area contributed by atoms with E-state index in [4.69, 9.17) is 26.3 Å². The molecule has 2 aromatic carbocycles. The number of alkyl halides is 1. The number of carbonyl (C=O) groups is 1. The minimum atomic E-state index is -1.63. The van der Waals surface area contributed by atoms with Crippen LogP contribution in [0.25, 0.3) is 10.8 Å². The third-order valence-electron chi connectivity index (χ3n) is 10.5. The van der Waals surface area contributed by atoms with Gasteiger partial charge in [-0.05, 0) is 62.6 Å². The Morgan fingerprint density at radius 2 is 2.02 bits per heavy atom. The maximum atomic E-state index is 14.6. The van der Waals surface area contributed by atoms with Crippen LogP contribution in [0.15, 0.2) is 30.3 Å². The van der Waals surface area contributed by atoms with E-state index in [0.29, 0.717) is 56.5 Å². The zero-order chi connectivity index (χ0) is 32.9. The van der Waals surface area contributed by atoms with E-state index in [1.807, 2.05) is 18.2 Å². The quantitative estimate of drug-likeness (QED) is 0.326. The monoisotopic (exact) mass is 663 g/mol. The number of hydrogen-bond acceptors (Lipinski definition) is 8. The SMILES string of the molecule is CC1CN2CCCC2(COc2nc3c(c(N4CCN(C(=O)C(C)F)[C@@H](CC#N)C4)n2)CCN(c2cccc4ccc(F)c(Cl)c24)C3)C1. The van der Waals surface area contributed by atoms with Gasteiger partial charge < -0.3 is 19.4 Å². The molecule has 0 radical (unpaired) electrons. The maximum Gasteiger partial charge on any atom is 0.318 e. The van der Waals surface area contributed by atoms with Crippen LogP contribution >= 0.6 is 11.6 Å². The second-order valence-corrected chi connectivity index (χ2v) is 14.0. The summed E-state index contributed by atoms with van der Waals surface area (Å²) in [4.78, 5) is 31.0. The molecule has 47 heavy (non-hydrogen) atoms. The van der Waals surface area contributed by atoms with E-state index in [1.54, 1.807) is 6.07 Å². The van der Waals surface area contributed by atoms with Crippen LogP contribution in [0, 0.1) is 23.1 Å². The van der Waals surface area contributed by atoms with Crippen LogP contribution in [0.1, 0.15) is 50.8 Å². The van der Waals surface area contributed by atoms with Crippen molar-refractivity contribution in [3.05, 3.63) is 52.4 Å². The molecule has 12 heteroatoms. The number of halogens is 3. The Kier molecular flexibility index (Phi) is 8.60. The number of amides is 1. The summed E-state index contributed by atoms with van der Waals surface area (Å²) in [6.45, 7) is 8.35. The van der Waals surface area contributed by atoms with E-state index in [9.17, 15) is 18.8 Å². The summed E-state index contributed by atoms with van der Waals surface area (Å²) in [6.07, 6.45) is 2.39. The van der Waals surface area contributed by atoms with Gasteiger partial charge in [-0.3, -0.25) is 9.69 Å². The highest BCUT2D eigenvalue weighted by Gasteiger charge is 2.48. The van der Waals surface area contributed by atoms with Gasteiger partial charge >= 0.3 is 6.01 Å². The van der Waals surface area contributed by atoms with Gasteiger partial charge in [-0.25, -0.2) is 8.78 Å². The lowest BCUT2D eigenvalue weighted by Crippen LogP contribution is -2.57. The normalized spacial score (nSPS) is 25.1. The van der Waals surface area contributed by atoms with E-state index in [1.165, 1.54) is 17.9 Å². The Morgan fingerprint density at radius 1 is 1.17 bits per heavy atom. The van der Waals surface area contributed by atoms with Gasteiger partial charge in [-0.1, -0.05) is 36.7 Å². The molecule has 1 amide bonds. The number of fused-ring (bicyclic) bond motifs is 3. The maximum absolute atomic E-state index is 14.6. The third-order valence-corrected chi connectivity index (χ3v) is 10.9. The number of nitriles is 1. The zero-order valence-electron chi connectivity index (χ0n) is 26.9. The first-order valence-corrected chi connectivity index (χ1v) is 17.0. The van der Waals surface area contributed by atoms with Crippen LogP contribution in [-0.4, -0.2) is 89.3 Å². The number of aromatic nitrogens is 2. The first-order chi connectivity index (χ1) is 22.7. The van der Waals surface area contributed by atoms with Gasteiger partial charge in [0.05, 0.1) is 41.3 Å². The summed E-state index contributed by atoms with van der Waals surface area (Å²) in [6, 6.07) is 11.0. The summed E-state index contributed by atoms with van der Waals surface area (Å²) >= 11 is 6.52. The molecule has 3 unspecified atom stereocenters. The second-order valence-electron chi connectivity index (χ2n) is 13.6. The van der Waals surface area contributed by atoms with Crippen molar-refractivity contribution in [2.24, 2.45) is 5.92 Å². The van der Waals surface area contributed by atoms with Gasteiger partial charge in [-0.2, -0.15) is 15.2 Å². The fourth-order valence-electron chi connectivity index (χ4n) is 8.34. The van der Waals surface area contributed by atoms with Gasteiger partial charge in [0, 0.05) is 49.4 Å². The molecule has 0 aliphatic carbocycles. The molecule has 0 bridgehead atoms. The van der Waals surface area contributed by atoms with Crippen LogP contribution in [0.4, 0.5) is 20.3 Å². The molecule has 7 rings (SSSR count). The van der Waals surface area contributed by atoms with E-state index in [2.05, 4.69) is 27.7 Å². The van der Waals surface area contributed by atoms with Crippen molar-refractivity contribution in [1.82, 2.24) is 19.8 Å². The number of benzene rings is 2. The summed E-state index contributed by atoms with van der Waals surface area (Å²) in [5.74, 6) is 0.284. The zero-order valence-corrected chi connectivity index (χ0v) is 27.6. The second kappa shape index (κ2) is 12.7. The van der Waals surface area contributed by atoms with Crippen LogP contribution in [0.5, 0.6) is 6.01 Å². The Bertz CT molecular complexity index is 1730. The summed E-state index contributed by atoms with van der Waals surface area (Å²) < 4.78 is 35.2. The molecule has 1 aromatic heterocycles. The predicted molar refractivity (Wildman–Crippen MR) is 177 cm³/mol. The molecule has 5 heterocycles. The van der Waals surface area contributed by atoms with Crippen molar-refractivity contribution in [2.75, 3.05) is 55.7 Å². The number of carbonyl (C=O) groups excluding carboxylic acids is 1. The first kappa shape index (κ1) is 31.8. The smallest absolute Gasteiger partial charge is 0.318 e. The van der Waals surface area contributed by atoms with Crippen molar-refractivity contribution in [1.29, 1.82) is 5.26 Å². The van der Waals surface area contributed by atoms with Gasteiger partial charge in [-0.15, -0.1) is 0 Å². The topological polar surface area (TPSA) is 88.8 Å². The fraction of sp³-hybridized carbons (Fsp3) is 0.543. The summed E-state index contributed by atoms with van der Waals surface area (Å²) in [7, 11) is 0. The number of anilines is 2. The van der Waals surface area contributed by atoms with Crippen molar-refractivity contribution >= 4 is 39.8 Å². The van der Waals surface area contributed by atoms with E-state index < -0.39 is 23.9 Å². The molecule has 4 aliphatic rings. The van der Waals surface area contributed by atoms with Crippen molar-refractivity contribution in [2.45, 2.75) is 70.2 Å². The standard InChI is InChI=1S/C35H40ClF2N7O2/c1-22-17-35(11-4-13-44(35)18-22)21-47-34-40-28-20-42(29-6-3-5-24-7-8-27(38)31(36)30(24)29)14-10-26(28)32(41-34)43-15-16-45(33(46)23(2)37)25(19-43)9-12-39/h3,5-8,22-23,25H,4,9-11,13-21H2,1-2H3/t22?,23?,25-,35?/m0/s1. The molecule has 3 fully saturated rings. The minimum Gasteiger partial charge on any atom is -0.461 e. The summed E-state index contributed by atoms with van der Waals surface area (Å²) in [5.41, 5.74) is 2.62. The largest absolute Gasteiger partial charge is 0.461 e. The molecule has 0 spiro atoms. The first-order valence-electron chi connectivity index (χ1n) is 16.6. The van der Waals surface area contributed by atoms with Crippen molar-refractivity contribution < 1.29 is 18.3 Å². The van der Waals surface area contributed by atoms with Gasteiger partial charge in [0.15, 0.2) is 6.17 Å². The number of nitrogens with zero attached hydrogens (tertiary/aromatic N) is 7. The number of piperazine rings is 1. The third kappa shape index (κ3) is 5.84. The molecule has 3 saturated heterocycles. The lowest BCUT2D eigenvalue weighted by molar-refractivity contribution is -0.138. The van der Waals surface area contributed by atoms with Crippen LogP contribution < -0.4 is 14.5 Å². The molecule has 0 N–H and O–H groups in total. The van der Waals surface area contributed by atoms with Gasteiger partial charge in [0.1, 0.15) is 18.2 Å². The fourth-order valence-corrected chi connectivity index (χ4v) is 8.61. The molecular weight excluding hydrogens is 624 g/mol. The lowest BCUT2D eigenvalue weighted by atomic mass is 9.92. The number of hydrogen-bond donors (Lipinski definition) is 0. The summed E-state index contributed by atoms with van der Waals surface area (Å²) in [5, 5.41) is 11.2. The molecule has 3 aromatic rings. The molecule has 248 valence electrons. The lowest BCUT2D eigenvalue weighted by Gasteiger charge is -2.42. The molecule has 0 saturated carbocycles. The van der Waals surface area contributed by atoms with Gasteiger partial charge in [0.25, 0.3) is 5.91 Å². The molecule has 4 aliphatic heterocycles. The highest BCUT2D eigenvalue weighted by molar-refractivity contribution is 6.36. The predicted octanol–water partition coefficient (Wildman–Crippen LogP) is 5.53. The van der Waals surface area contributed by atoms with E-state index >= 15 is 0 Å². The average Bonchev–Trinajstić information content (AvgIpc) is 3.60. The highest BCUT2D eigenvalue weighted by atomic mass is 35.5. The van der Waals surface area contributed by atoms with Gasteiger partial charge in [0.2, 0.25) is 0 Å². The highest BCUT2D eigenvalue weighted by Crippen LogP contribution is 2.42. The van der Waals surface area contributed by atoms with E-state index in [-0.39, 0.29) is 23.5 Å². The van der Waals surface area contributed by atoms with Crippen LogP contribution in [-0.2, 0) is 17.8 Å². The Labute approximate surface area is 279 Å². The Morgan fingerprint density at radius 3 is 2.83 bits per heavy atom. The Hall–Kier alpha value is -3.75. The molecule has 9 nitrogen and oxygen atoms in total. The Balaban J connectivity index is 1.23. The average molecular weight is 664 g/mol. The van der Waals surface area contributed by atoms with E-state index in [0.717, 1.165) is 60.5 Å². The molecule has 4 atom stereocenters. The van der Waals surface area contributed by atoms with Crippen LogP contribution in [0.3, 0.4) is 0 Å². The minimum absolute atomic E-state index is 0.0123. The van der Waals surface area contributed by atoms with Crippen LogP contribution in [0.2, 0.25) is 5.02 Å².